The third kappa shape index (κ3) is 4.29. The summed E-state index contributed by atoms with van der Waals surface area (Å²) in [4.78, 5) is 23.4. The number of piperidine rings is 1. The zero-order valence-electron chi connectivity index (χ0n) is 16.2. The van der Waals surface area contributed by atoms with Crippen LogP contribution in [0.25, 0.3) is 0 Å². The van der Waals surface area contributed by atoms with E-state index in [9.17, 15) is 9.18 Å². The summed E-state index contributed by atoms with van der Waals surface area (Å²) in [7, 11) is 1.54. The minimum absolute atomic E-state index is 0.0943. The van der Waals surface area contributed by atoms with Gasteiger partial charge in [-0.1, -0.05) is 12.1 Å². The van der Waals surface area contributed by atoms with Crippen LogP contribution in [0, 0.1) is 5.82 Å². The van der Waals surface area contributed by atoms with E-state index in [1.165, 1.54) is 25.4 Å². The first-order chi connectivity index (χ1) is 14.1. The first-order valence-corrected chi connectivity index (χ1v) is 9.64. The molecule has 3 aromatic rings. The highest BCUT2D eigenvalue weighted by Crippen LogP contribution is 2.32. The summed E-state index contributed by atoms with van der Waals surface area (Å²) in [6, 6.07) is 9.50. The number of ether oxygens (including phenoxy) is 1. The lowest BCUT2D eigenvalue weighted by Gasteiger charge is -2.33. The van der Waals surface area contributed by atoms with Crippen LogP contribution in [-0.4, -0.2) is 34.4 Å². The van der Waals surface area contributed by atoms with Crippen LogP contribution in [0.4, 0.5) is 4.39 Å². The van der Waals surface area contributed by atoms with E-state index in [0.29, 0.717) is 36.1 Å². The van der Waals surface area contributed by atoms with E-state index in [4.69, 9.17) is 9.15 Å². The molecule has 4 rings (SSSR count). The number of hydrogen-bond donors (Lipinski definition) is 0. The fraction of sp³-hybridized carbons (Fsp3) is 0.318. The smallest absolute Gasteiger partial charge is 0.256 e. The van der Waals surface area contributed by atoms with Crippen LogP contribution in [0.3, 0.4) is 0 Å². The van der Waals surface area contributed by atoms with Crippen LogP contribution in [-0.2, 0) is 6.42 Å². The molecule has 150 valence electrons. The molecule has 0 radical (unpaired) electrons. The second-order valence-electron chi connectivity index (χ2n) is 7.07. The molecule has 1 atom stereocenters. The topological polar surface area (TPSA) is 68.5 Å². The number of rotatable bonds is 5. The zero-order valence-corrected chi connectivity index (χ0v) is 16.2. The molecule has 3 heterocycles. The number of pyridine rings is 1. The third-order valence-electron chi connectivity index (χ3n) is 5.10. The molecule has 0 saturated carbocycles. The maximum atomic E-state index is 13.1. The average Bonchev–Trinajstić information content (AvgIpc) is 3.23. The van der Waals surface area contributed by atoms with Crippen molar-refractivity contribution < 1.29 is 18.3 Å². The maximum absolute atomic E-state index is 13.1. The van der Waals surface area contributed by atoms with Crippen LogP contribution in [0.15, 0.2) is 53.2 Å². The Morgan fingerprint density at radius 2 is 2.00 bits per heavy atom. The Morgan fingerprint density at radius 1 is 1.17 bits per heavy atom. The highest BCUT2D eigenvalue weighted by Gasteiger charge is 2.32. The minimum atomic E-state index is -0.267. The highest BCUT2D eigenvalue weighted by atomic mass is 19.1. The monoisotopic (exact) mass is 395 g/mol. The van der Waals surface area contributed by atoms with E-state index in [2.05, 4.69) is 9.97 Å². The number of nitrogens with zero attached hydrogens (tertiary/aromatic N) is 3. The molecule has 0 aliphatic carbocycles. The summed E-state index contributed by atoms with van der Waals surface area (Å²) >= 11 is 0. The second kappa shape index (κ2) is 8.43. The van der Waals surface area contributed by atoms with E-state index in [0.717, 1.165) is 24.8 Å². The number of methoxy groups -OCH3 is 1. The first-order valence-electron chi connectivity index (χ1n) is 9.64. The molecular weight excluding hydrogens is 373 g/mol. The number of hydrogen-bond acceptors (Lipinski definition) is 5. The van der Waals surface area contributed by atoms with Crippen molar-refractivity contribution in [2.24, 2.45) is 0 Å². The molecular formula is C22H22FN3O3. The van der Waals surface area contributed by atoms with Gasteiger partial charge in [-0.05, 0) is 43.0 Å². The minimum Gasteiger partial charge on any atom is -0.481 e. The summed E-state index contributed by atoms with van der Waals surface area (Å²) in [6.07, 6.45) is 6.48. The van der Waals surface area contributed by atoms with E-state index >= 15 is 0 Å². The summed E-state index contributed by atoms with van der Waals surface area (Å²) < 4.78 is 24.1. The summed E-state index contributed by atoms with van der Waals surface area (Å²) in [5.41, 5.74) is 1.45. The lowest BCUT2D eigenvalue weighted by atomic mass is 10.0. The van der Waals surface area contributed by atoms with Gasteiger partial charge in [-0.2, -0.15) is 0 Å². The Morgan fingerprint density at radius 3 is 2.72 bits per heavy atom. The number of carbonyl (C=O) groups is 1. The molecule has 29 heavy (non-hydrogen) atoms. The quantitative estimate of drug-likeness (QED) is 0.648. The molecule has 7 heteroatoms. The van der Waals surface area contributed by atoms with E-state index in [-0.39, 0.29) is 17.8 Å². The SMILES string of the molecule is COc1ccc(C(=O)N2CCCC[C@@H]2c2ncc(Cc3ccc(F)cc3)o2)cn1. The van der Waals surface area contributed by atoms with Crippen molar-refractivity contribution in [1.29, 1.82) is 0 Å². The number of amides is 1. The van der Waals surface area contributed by atoms with Crippen molar-refractivity contribution in [2.45, 2.75) is 31.7 Å². The van der Waals surface area contributed by atoms with Crippen LogP contribution in [0.5, 0.6) is 5.88 Å². The Bertz CT molecular complexity index is 970. The number of likely N-dealkylation sites (tertiary alicyclic amines) is 1. The molecule has 6 nitrogen and oxygen atoms in total. The average molecular weight is 395 g/mol. The zero-order chi connectivity index (χ0) is 20.2. The highest BCUT2D eigenvalue weighted by molar-refractivity contribution is 5.94. The van der Waals surface area contributed by atoms with Gasteiger partial charge in [0.05, 0.1) is 18.9 Å². The number of carbonyl (C=O) groups excluding carboxylic acids is 1. The number of benzene rings is 1. The lowest BCUT2D eigenvalue weighted by Crippen LogP contribution is -2.38. The van der Waals surface area contributed by atoms with Gasteiger partial charge in [0.1, 0.15) is 17.6 Å². The van der Waals surface area contributed by atoms with Crippen molar-refractivity contribution in [3.8, 4) is 5.88 Å². The van der Waals surface area contributed by atoms with Crippen LogP contribution >= 0.6 is 0 Å². The largest absolute Gasteiger partial charge is 0.481 e. The lowest BCUT2D eigenvalue weighted by molar-refractivity contribution is 0.0569. The van der Waals surface area contributed by atoms with Crippen LogP contribution in [0.2, 0.25) is 0 Å². The van der Waals surface area contributed by atoms with E-state index in [1.54, 1.807) is 35.4 Å². The molecule has 1 aliphatic heterocycles. The van der Waals surface area contributed by atoms with Crippen molar-refractivity contribution in [3.05, 3.63) is 77.4 Å². The van der Waals surface area contributed by atoms with Gasteiger partial charge in [-0.3, -0.25) is 4.79 Å². The van der Waals surface area contributed by atoms with Gasteiger partial charge >= 0.3 is 0 Å². The number of halogens is 1. The molecule has 1 saturated heterocycles. The molecule has 1 aliphatic rings. The Hall–Kier alpha value is -3.22. The van der Waals surface area contributed by atoms with Crippen molar-refractivity contribution in [2.75, 3.05) is 13.7 Å². The van der Waals surface area contributed by atoms with Gasteiger partial charge in [-0.25, -0.2) is 14.4 Å². The van der Waals surface area contributed by atoms with Gasteiger partial charge in [-0.15, -0.1) is 0 Å². The summed E-state index contributed by atoms with van der Waals surface area (Å²) in [5.74, 6) is 1.33. The fourth-order valence-electron chi connectivity index (χ4n) is 3.59. The summed E-state index contributed by atoms with van der Waals surface area (Å²) in [5, 5.41) is 0. The Labute approximate surface area is 168 Å². The van der Waals surface area contributed by atoms with Crippen molar-refractivity contribution in [3.63, 3.8) is 0 Å². The van der Waals surface area contributed by atoms with Gasteiger partial charge in [0.25, 0.3) is 5.91 Å². The van der Waals surface area contributed by atoms with Crippen LogP contribution in [0.1, 0.15) is 52.9 Å². The van der Waals surface area contributed by atoms with Crippen molar-refractivity contribution >= 4 is 5.91 Å². The Kier molecular flexibility index (Phi) is 5.55. The van der Waals surface area contributed by atoms with E-state index < -0.39 is 0 Å². The molecule has 0 unspecified atom stereocenters. The summed E-state index contributed by atoms with van der Waals surface area (Å²) in [6.45, 7) is 0.644. The molecule has 2 aromatic heterocycles. The third-order valence-corrected chi connectivity index (χ3v) is 5.10. The predicted molar refractivity (Wildman–Crippen MR) is 104 cm³/mol. The molecule has 1 fully saturated rings. The van der Waals surface area contributed by atoms with Gasteiger partial charge in [0, 0.05) is 25.2 Å². The maximum Gasteiger partial charge on any atom is 0.256 e. The molecule has 0 spiro atoms. The van der Waals surface area contributed by atoms with Crippen LogP contribution < -0.4 is 4.74 Å². The predicted octanol–water partition coefficient (Wildman–Crippen LogP) is 4.18. The number of oxazole rings is 1. The normalized spacial score (nSPS) is 16.6. The molecule has 0 N–H and O–H groups in total. The van der Waals surface area contributed by atoms with E-state index in [1.807, 2.05) is 0 Å². The fourth-order valence-corrected chi connectivity index (χ4v) is 3.59. The molecule has 0 bridgehead atoms. The van der Waals surface area contributed by atoms with Gasteiger partial charge in [0.2, 0.25) is 11.8 Å². The Balaban J connectivity index is 1.52. The first kappa shape index (κ1) is 19.1. The van der Waals surface area contributed by atoms with Crippen molar-refractivity contribution in [1.82, 2.24) is 14.9 Å². The second-order valence-corrected chi connectivity index (χ2v) is 7.07. The molecule has 1 amide bonds. The van der Waals surface area contributed by atoms with Gasteiger partial charge in [0.15, 0.2) is 0 Å². The number of aromatic nitrogens is 2. The molecule has 1 aromatic carbocycles. The van der Waals surface area contributed by atoms with Gasteiger partial charge < -0.3 is 14.1 Å². The standard InChI is InChI=1S/C22H22FN3O3/c1-28-20-10-7-16(13-24-20)22(27)26-11-3-2-4-19(26)21-25-14-18(29-21)12-15-5-8-17(23)9-6-15/h5-10,13-14,19H,2-4,11-12H2,1H3/t19-/m1/s1.